The second-order valence-electron chi connectivity index (χ2n) is 20.5. The van der Waals surface area contributed by atoms with E-state index in [-0.39, 0.29) is 27.5 Å². The lowest BCUT2D eigenvalue weighted by atomic mass is 9.82. The third kappa shape index (κ3) is 13.6. The van der Waals surface area contributed by atoms with Gasteiger partial charge in [-0.3, -0.25) is 19.9 Å². The van der Waals surface area contributed by atoms with Gasteiger partial charge in [0.1, 0.15) is 23.7 Å². The highest BCUT2D eigenvalue weighted by Crippen LogP contribution is 2.42. The number of rotatable bonds is 19. The number of fused-ring (bicyclic) bond motifs is 2. The molecule has 434 valence electrons. The minimum absolute atomic E-state index is 0.196. The molecule has 0 unspecified atom stereocenters. The van der Waals surface area contributed by atoms with Crippen LogP contribution in [-0.4, -0.2) is 161 Å². The second kappa shape index (κ2) is 24.2. The first kappa shape index (κ1) is 60.4. The van der Waals surface area contributed by atoms with Crippen molar-refractivity contribution >= 4 is 29.9 Å². The number of amides is 4. The molecule has 0 saturated carbocycles. The van der Waals surface area contributed by atoms with Crippen LogP contribution >= 0.6 is 0 Å². The zero-order valence-corrected chi connectivity index (χ0v) is 43.8. The fourth-order valence-electron chi connectivity index (χ4n) is 9.26. The quantitative estimate of drug-likeness (QED) is 0.0438. The standard InChI is InChI=1S/C51H57F10N11O8/c1-48(2,50(56,57)58)40(65-46(76)78-5)42(74)64-38(15-28-10-7-27(8-11-28)9-12-29-19-62-45(63-20-29)71-22-31-18-32(71)21-70(31)33-25-80-26-33)39(73)24-69(68-43(75)41(66-47(77)79-6)49(3,4)51(59,60)61)23-34-35(52)16-30(17-36(34)53)37-13-14-72(67-37)44(54)55/h7-8,10-11,13-14,16-17,19-20,31-33,38-41,44,73H,15,18,21-26H2,1-6H3,(H,64,74)(H,65,76)(H,66,77)(H,68,75)/t31-,32-,38-,39-,40+,41+/m0/s1. The zero-order valence-electron chi connectivity index (χ0n) is 43.8. The van der Waals surface area contributed by atoms with Gasteiger partial charge in [-0.1, -0.05) is 24.0 Å². The minimum atomic E-state index is -5.23. The van der Waals surface area contributed by atoms with Crippen molar-refractivity contribution in [1.82, 2.24) is 51.0 Å². The van der Waals surface area contributed by atoms with Gasteiger partial charge in [-0.2, -0.15) is 40.2 Å². The molecular weight excluding hydrogens is 1080 g/mol. The van der Waals surface area contributed by atoms with E-state index in [1.807, 2.05) is 10.7 Å². The number of hydrogen-bond acceptors (Lipinski definition) is 14. The van der Waals surface area contributed by atoms with E-state index in [4.69, 9.17) is 4.74 Å². The number of nitrogens with one attached hydrogen (secondary N) is 4. The Kier molecular flexibility index (Phi) is 18.3. The van der Waals surface area contributed by atoms with Gasteiger partial charge in [0, 0.05) is 73.5 Å². The van der Waals surface area contributed by atoms with Crippen molar-refractivity contribution in [2.45, 2.75) is 108 Å². The zero-order chi connectivity index (χ0) is 58.6. The molecule has 3 aliphatic heterocycles. The van der Waals surface area contributed by atoms with E-state index in [9.17, 15) is 59.4 Å². The molecular formula is C51H57F10N11O8. The van der Waals surface area contributed by atoms with Crippen LogP contribution in [0.15, 0.2) is 61.1 Å². The van der Waals surface area contributed by atoms with Gasteiger partial charge >= 0.3 is 31.1 Å². The average molecular weight is 1140 g/mol. The lowest BCUT2D eigenvalue weighted by Gasteiger charge is -2.42. The Balaban J connectivity index is 1.18. The number of carbonyl (C=O) groups excluding carboxylic acids is 4. The van der Waals surface area contributed by atoms with Crippen molar-refractivity contribution in [3.05, 3.63) is 94.9 Å². The van der Waals surface area contributed by atoms with Gasteiger partial charge < -0.3 is 40.2 Å². The van der Waals surface area contributed by atoms with Crippen molar-refractivity contribution in [3.63, 3.8) is 0 Å². The maximum atomic E-state index is 16.0. The molecule has 3 aliphatic rings. The average Bonchev–Trinajstić information content (AvgIpc) is 4.17. The summed E-state index contributed by atoms with van der Waals surface area (Å²) in [5.74, 6) is 0.405. The van der Waals surface area contributed by atoms with Crippen LogP contribution in [0.5, 0.6) is 0 Å². The molecule has 2 bridgehead atoms. The number of alkyl carbamates (subject to hydrolysis) is 2. The van der Waals surface area contributed by atoms with E-state index in [1.54, 1.807) is 17.7 Å². The van der Waals surface area contributed by atoms with E-state index >= 15 is 8.78 Å². The van der Waals surface area contributed by atoms with Crippen LogP contribution < -0.4 is 26.3 Å². The summed E-state index contributed by atoms with van der Waals surface area (Å²) in [5.41, 5.74) is -4.59. The number of alkyl halides is 8. The number of hydrazine groups is 1. The van der Waals surface area contributed by atoms with Gasteiger partial charge in [-0.25, -0.2) is 38.0 Å². The van der Waals surface area contributed by atoms with E-state index in [1.165, 1.54) is 24.3 Å². The highest BCUT2D eigenvalue weighted by atomic mass is 19.4. The molecule has 5 N–H and O–H groups in total. The number of aromatic nitrogens is 4. The Morgan fingerprint density at radius 3 is 1.84 bits per heavy atom. The van der Waals surface area contributed by atoms with Crippen molar-refractivity contribution in [1.29, 1.82) is 0 Å². The molecule has 2 aromatic carbocycles. The fourth-order valence-corrected chi connectivity index (χ4v) is 9.26. The molecule has 2 aromatic heterocycles. The molecule has 0 spiro atoms. The largest absolute Gasteiger partial charge is 0.453 e. The smallest absolute Gasteiger partial charge is 0.407 e. The van der Waals surface area contributed by atoms with Crippen molar-refractivity contribution in [2.24, 2.45) is 10.8 Å². The van der Waals surface area contributed by atoms with Gasteiger partial charge in [0.05, 0.1) is 67.7 Å². The highest BCUT2D eigenvalue weighted by Gasteiger charge is 2.57. The maximum absolute atomic E-state index is 16.0. The summed E-state index contributed by atoms with van der Waals surface area (Å²) in [6.45, 7) is -0.0291. The number of carbonyl (C=O) groups is 4. The van der Waals surface area contributed by atoms with E-state index < -0.39 is 115 Å². The molecule has 3 fully saturated rings. The third-order valence-corrected chi connectivity index (χ3v) is 14.4. The maximum Gasteiger partial charge on any atom is 0.407 e. The van der Waals surface area contributed by atoms with E-state index in [0.717, 1.165) is 59.2 Å². The number of nitrogens with zero attached hydrogens (tertiary/aromatic N) is 7. The summed E-state index contributed by atoms with van der Waals surface area (Å²) in [5, 5.41) is 22.0. The van der Waals surface area contributed by atoms with Crippen LogP contribution in [-0.2, 0) is 36.8 Å². The predicted molar refractivity (Wildman–Crippen MR) is 263 cm³/mol. The van der Waals surface area contributed by atoms with Crippen molar-refractivity contribution in [3.8, 4) is 23.1 Å². The van der Waals surface area contributed by atoms with E-state index in [0.29, 0.717) is 74.0 Å². The Morgan fingerprint density at radius 2 is 1.35 bits per heavy atom. The van der Waals surface area contributed by atoms with E-state index in [2.05, 4.69) is 51.5 Å². The van der Waals surface area contributed by atoms with Crippen molar-refractivity contribution < 1.29 is 82.4 Å². The summed E-state index contributed by atoms with van der Waals surface area (Å²) in [6.07, 6.45) is -11.1. The summed E-state index contributed by atoms with van der Waals surface area (Å²) in [4.78, 5) is 66.5. The second-order valence-corrected chi connectivity index (χ2v) is 20.5. The Labute approximate surface area is 451 Å². The molecule has 7 rings (SSSR count). The molecule has 6 atom stereocenters. The lowest BCUT2D eigenvalue weighted by Crippen LogP contribution is -2.63. The fraction of sp³-hybridized carbons (Fsp3) is 0.510. The highest BCUT2D eigenvalue weighted by molar-refractivity contribution is 5.87. The first-order valence-corrected chi connectivity index (χ1v) is 24.7. The first-order valence-electron chi connectivity index (χ1n) is 24.7. The Hall–Kier alpha value is -7.29. The molecule has 0 radical (unpaired) electrons. The molecule has 4 aromatic rings. The number of ether oxygens (including phenoxy) is 3. The number of methoxy groups -OCH3 is 2. The van der Waals surface area contributed by atoms with Crippen LogP contribution in [0.25, 0.3) is 11.3 Å². The van der Waals surface area contributed by atoms with Crippen LogP contribution in [0.1, 0.15) is 62.9 Å². The molecule has 4 amide bonds. The first-order chi connectivity index (χ1) is 37.5. The number of anilines is 1. The van der Waals surface area contributed by atoms with Gasteiger partial charge in [0.15, 0.2) is 0 Å². The molecule has 80 heavy (non-hydrogen) atoms. The number of aliphatic hydroxyl groups is 1. The Morgan fingerprint density at radius 1 is 0.787 bits per heavy atom. The number of benzene rings is 2. The number of piperazine rings is 1. The van der Waals surface area contributed by atoms with Crippen LogP contribution in [0.2, 0.25) is 0 Å². The normalized spacial score (nSPS) is 18.4. The monoisotopic (exact) mass is 1140 g/mol. The summed E-state index contributed by atoms with van der Waals surface area (Å²) < 4.78 is 160. The van der Waals surface area contributed by atoms with Gasteiger partial charge in [-0.15, -0.1) is 0 Å². The minimum Gasteiger partial charge on any atom is -0.453 e. The predicted octanol–water partition coefficient (Wildman–Crippen LogP) is 5.62. The number of hydrogen-bond donors (Lipinski definition) is 5. The number of likely N-dealkylation sites (tertiary alicyclic amines) is 1. The SMILES string of the molecule is COC(=O)N[C@H](C(=O)N[C@@H](Cc1ccc(C#Cc2cnc(N3C[C@@H]4C[C@H]3CN4C3COC3)nc2)cc1)[C@@H](O)CN(Cc1c(F)cc(-c2ccn(C(F)F)n2)cc1F)NC(=O)[C@@H](NC(=O)OC)C(C)(C)C(F)(F)F)C(C)(C)C(F)(F)F. The number of halogens is 10. The molecule has 29 heteroatoms. The molecule has 5 heterocycles. The number of aliphatic hydroxyl groups excluding tert-OH is 1. The molecule has 19 nitrogen and oxygen atoms in total. The van der Waals surface area contributed by atoms with Crippen molar-refractivity contribution in [2.75, 3.05) is 52.0 Å². The van der Waals surface area contributed by atoms with Crippen LogP contribution in [0.3, 0.4) is 0 Å². The van der Waals surface area contributed by atoms with Gasteiger partial charge in [-0.05, 0) is 76.4 Å². The van der Waals surface area contributed by atoms with Crippen LogP contribution in [0, 0.1) is 34.3 Å². The third-order valence-electron chi connectivity index (χ3n) is 14.4. The lowest BCUT2D eigenvalue weighted by molar-refractivity contribution is -0.221. The van der Waals surface area contributed by atoms with Gasteiger partial charge in [0.25, 0.3) is 5.91 Å². The van der Waals surface area contributed by atoms with Gasteiger partial charge in [0.2, 0.25) is 11.9 Å². The summed E-state index contributed by atoms with van der Waals surface area (Å²) in [6, 6.07) is 2.60. The topological polar surface area (TPSA) is 218 Å². The Bertz CT molecular complexity index is 2910. The molecule has 3 saturated heterocycles. The summed E-state index contributed by atoms with van der Waals surface area (Å²) in [7, 11) is 1.60. The van der Waals surface area contributed by atoms with Crippen LogP contribution in [0.4, 0.5) is 59.4 Å². The summed E-state index contributed by atoms with van der Waals surface area (Å²) >= 11 is 0. The molecule has 0 aliphatic carbocycles.